The Balaban J connectivity index is 2.50. The lowest BCUT2D eigenvalue weighted by molar-refractivity contribution is 0.684. The van der Waals surface area contributed by atoms with E-state index in [1.807, 2.05) is 13.8 Å². The van der Waals surface area contributed by atoms with Crippen molar-refractivity contribution in [1.29, 1.82) is 0 Å². The summed E-state index contributed by atoms with van der Waals surface area (Å²) in [4.78, 5) is 7.89. The summed E-state index contributed by atoms with van der Waals surface area (Å²) in [7, 11) is -0.751. The second-order valence-corrected chi connectivity index (χ2v) is 5.23. The normalized spacial score (nSPS) is 12.5. The van der Waals surface area contributed by atoms with Gasteiger partial charge in [-0.3, -0.25) is 4.21 Å². The molecule has 1 unspecified atom stereocenters. The van der Waals surface area contributed by atoms with Crippen LogP contribution in [-0.2, 0) is 10.8 Å². The van der Waals surface area contributed by atoms with Gasteiger partial charge in [0, 0.05) is 40.6 Å². The second-order valence-electron chi connectivity index (χ2n) is 3.03. The third-order valence-electron chi connectivity index (χ3n) is 1.89. The molecule has 0 saturated heterocycles. The van der Waals surface area contributed by atoms with Crippen LogP contribution in [0.5, 0.6) is 0 Å². The Bertz CT molecular complexity index is 359. The molecule has 1 heterocycles. The maximum absolute atomic E-state index is 11.2. The molecule has 0 bridgehead atoms. The molecule has 1 aromatic rings. The van der Waals surface area contributed by atoms with Gasteiger partial charge in [-0.2, -0.15) is 0 Å². The SMILES string of the molecule is CCS(=O)CCNc1nc(Cl)ncc1C. The van der Waals surface area contributed by atoms with E-state index in [0.29, 0.717) is 23.9 Å². The zero-order valence-electron chi connectivity index (χ0n) is 8.79. The molecule has 0 aliphatic carbocycles. The van der Waals surface area contributed by atoms with Crippen molar-refractivity contribution in [3.8, 4) is 0 Å². The first-order valence-corrected chi connectivity index (χ1v) is 6.58. The van der Waals surface area contributed by atoms with Crippen LogP contribution >= 0.6 is 11.6 Å². The first-order valence-electron chi connectivity index (χ1n) is 4.71. The molecule has 1 atom stereocenters. The zero-order valence-corrected chi connectivity index (χ0v) is 10.4. The predicted octanol–water partition coefficient (Wildman–Crippen LogP) is 1.62. The molecule has 0 spiro atoms. The molecule has 0 aromatic carbocycles. The minimum Gasteiger partial charge on any atom is -0.369 e. The van der Waals surface area contributed by atoms with E-state index in [0.717, 1.165) is 5.56 Å². The average molecular weight is 248 g/mol. The molecule has 84 valence electrons. The van der Waals surface area contributed by atoms with Gasteiger partial charge in [0.15, 0.2) is 0 Å². The van der Waals surface area contributed by atoms with Gasteiger partial charge in [-0.15, -0.1) is 0 Å². The van der Waals surface area contributed by atoms with Gasteiger partial charge in [-0.1, -0.05) is 6.92 Å². The van der Waals surface area contributed by atoms with Gasteiger partial charge in [-0.25, -0.2) is 9.97 Å². The monoisotopic (exact) mass is 247 g/mol. The van der Waals surface area contributed by atoms with Gasteiger partial charge in [0.1, 0.15) is 5.82 Å². The number of halogens is 1. The van der Waals surface area contributed by atoms with Gasteiger partial charge < -0.3 is 5.32 Å². The first kappa shape index (κ1) is 12.4. The highest BCUT2D eigenvalue weighted by atomic mass is 35.5. The van der Waals surface area contributed by atoms with Crippen LogP contribution in [0.25, 0.3) is 0 Å². The van der Waals surface area contributed by atoms with Crippen molar-refractivity contribution < 1.29 is 4.21 Å². The number of aryl methyl sites for hydroxylation is 1. The number of nitrogens with one attached hydrogen (secondary N) is 1. The third-order valence-corrected chi connectivity index (χ3v) is 3.37. The van der Waals surface area contributed by atoms with Crippen LogP contribution in [0, 0.1) is 6.92 Å². The zero-order chi connectivity index (χ0) is 11.3. The van der Waals surface area contributed by atoms with Crippen molar-refractivity contribution in [3.63, 3.8) is 0 Å². The van der Waals surface area contributed by atoms with Crippen LogP contribution in [0.3, 0.4) is 0 Å². The molecular formula is C9H14ClN3OS. The Morgan fingerprint density at radius 2 is 2.33 bits per heavy atom. The topological polar surface area (TPSA) is 54.9 Å². The Morgan fingerprint density at radius 1 is 1.60 bits per heavy atom. The van der Waals surface area contributed by atoms with Crippen molar-refractivity contribution in [2.45, 2.75) is 13.8 Å². The number of nitrogens with zero attached hydrogens (tertiary/aromatic N) is 2. The summed E-state index contributed by atoms with van der Waals surface area (Å²) in [5, 5.41) is 3.31. The van der Waals surface area contributed by atoms with Crippen molar-refractivity contribution in [1.82, 2.24) is 9.97 Å². The number of rotatable bonds is 5. The number of hydrogen-bond donors (Lipinski definition) is 1. The fourth-order valence-corrected chi connectivity index (χ4v) is 1.78. The number of anilines is 1. The van der Waals surface area contributed by atoms with Crippen LogP contribution in [0.15, 0.2) is 6.20 Å². The lowest BCUT2D eigenvalue weighted by Crippen LogP contribution is -2.13. The molecule has 0 aliphatic rings. The fraction of sp³-hybridized carbons (Fsp3) is 0.556. The molecule has 6 heteroatoms. The van der Waals surface area contributed by atoms with Gasteiger partial charge in [0.2, 0.25) is 5.28 Å². The quantitative estimate of drug-likeness (QED) is 0.804. The van der Waals surface area contributed by atoms with Crippen LogP contribution in [-0.4, -0.2) is 32.2 Å². The molecule has 1 aromatic heterocycles. The molecule has 0 fully saturated rings. The van der Waals surface area contributed by atoms with E-state index in [4.69, 9.17) is 11.6 Å². The number of hydrogen-bond acceptors (Lipinski definition) is 4. The van der Waals surface area contributed by atoms with Crippen LogP contribution in [0.1, 0.15) is 12.5 Å². The summed E-state index contributed by atoms with van der Waals surface area (Å²) in [5.41, 5.74) is 0.932. The lowest BCUT2D eigenvalue weighted by atomic mass is 10.3. The predicted molar refractivity (Wildman–Crippen MR) is 63.8 cm³/mol. The van der Waals surface area contributed by atoms with E-state index in [1.165, 1.54) is 0 Å². The van der Waals surface area contributed by atoms with E-state index >= 15 is 0 Å². The Hall–Kier alpha value is -0.680. The van der Waals surface area contributed by atoms with Gasteiger partial charge in [0.25, 0.3) is 0 Å². The van der Waals surface area contributed by atoms with Crippen LogP contribution in [0.2, 0.25) is 5.28 Å². The average Bonchev–Trinajstić information content (AvgIpc) is 2.23. The highest BCUT2D eigenvalue weighted by molar-refractivity contribution is 7.84. The van der Waals surface area contributed by atoms with Crippen molar-refractivity contribution in [2.24, 2.45) is 0 Å². The van der Waals surface area contributed by atoms with Gasteiger partial charge in [-0.05, 0) is 18.5 Å². The minimum atomic E-state index is -0.751. The summed E-state index contributed by atoms with van der Waals surface area (Å²) in [6, 6.07) is 0. The first-order chi connectivity index (χ1) is 7.13. The van der Waals surface area contributed by atoms with Crippen LogP contribution in [0.4, 0.5) is 5.82 Å². The molecule has 0 aliphatic heterocycles. The summed E-state index contributed by atoms with van der Waals surface area (Å²) in [6.07, 6.45) is 1.66. The van der Waals surface area contributed by atoms with Crippen molar-refractivity contribution in [2.75, 3.05) is 23.4 Å². The van der Waals surface area contributed by atoms with E-state index in [1.54, 1.807) is 6.20 Å². The van der Waals surface area contributed by atoms with E-state index in [2.05, 4.69) is 15.3 Å². The molecule has 1 rings (SSSR count). The Kier molecular flexibility index (Phi) is 4.98. The second kappa shape index (κ2) is 6.02. The molecule has 1 N–H and O–H groups in total. The summed E-state index contributed by atoms with van der Waals surface area (Å²) in [6.45, 7) is 4.44. The smallest absolute Gasteiger partial charge is 0.224 e. The maximum atomic E-state index is 11.2. The van der Waals surface area contributed by atoms with E-state index < -0.39 is 10.8 Å². The standard InChI is InChI=1S/C9H14ClN3OS/c1-3-15(14)5-4-11-8-7(2)6-12-9(10)13-8/h6H,3-5H2,1-2H3,(H,11,12,13). The van der Waals surface area contributed by atoms with Gasteiger partial charge in [0.05, 0.1) is 0 Å². The Morgan fingerprint density at radius 3 is 3.00 bits per heavy atom. The van der Waals surface area contributed by atoms with Gasteiger partial charge >= 0.3 is 0 Å². The number of aromatic nitrogens is 2. The van der Waals surface area contributed by atoms with E-state index in [-0.39, 0.29) is 5.28 Å². The molecular weight excluding hydrogens is 234 g/mol. The molecule has 0 amide bonds. The minimum absolute atomic E-state index is 0.222. The fourth-order valence-electron chi connectivity index (χ4n) is 1.03. The van der Waals surface area contributed by atoms with Crippen molar-refractivity contribution >= 4 is 28.2 Å². The third kappa shape index (κ3) is 4.13. The molecule has 15 heavy (non-hydrogen) atoms. The largest absolute Gasteiger partial charge is 0.369 e. The van der Waals surface area contributed by atoms with E-state index in [9.17, 15) is 4.21 Å². The van der Waals surface area contributed by atoms with Crippen LogP contribution < -0.4 is 5.32 Å². The maximum Gasteiger partial charge on any atom is 0.224 e. The molecule has 4 nitrogen and oxygen atoms in total. The highest BCUT2D eigenvalue weighted by Gasteiger charge is 2.02. The summed E-state index contributed by atoms with van der Waals surface area (Å²) in [5.74, 6) is 2.02. The molecule has 0 radical (unpaired) electrons. The lowest BCUT2D eigenvalue weighted by Gasteiger charge is -2.07. The Labute approximate surface area is 96.9 Å². The highest BCUT2D eigenvalue weighted by Crippen LogP contribution is 2.11. The summed E-state index contributed by atoms with van der Waals surface area (Å²) >= 11 is 5.66. The van der Waals surface area contributed by atoms with Crippen molar-refractivity contribution in [3.05, 3.63) is 17.0 Å². The summed E-state index contributed by atoms with van der Waals surface area (Å²) < 4.78 is 11.2. The molecule has 0 saturated carbocycles.